The molecule has 3 heteroatoms. The van der Waals surface area contributed by atoms with Gasteiger partial charge in [0.2, 0.25) is 0 Å². The normalized spacial score (nSPS) is 10.5. The van der Waals surface area contributed by atoms with Crippen molar-refractivity contribution >= 4 is 6.08 Å². The van der Waals surface area contributed by atoms with Crippen molar-refractivity contribution in [1.82, 2.24) is 9.97 Å². The third kappa shape index (κ3) is 1.95. The summed E-state index contributed by atoms with van der Waals surface area (Å²) in [6, 6.07) is 0. The Hall–Kier alpha value is -1.22. The quantitative estimate of drug-likeness (QED) is 0.640. The van der Waals surface area contributed by atoms with Crippen molar-refractivity contribution in [3.63, 3.8) is 0 Å². The van der Waals surface area contributed by atoms with Gasteiger partial charge in [-0.05, 0) is 0 Å². The Labute approximate surface area is 59.6 Å². The van der Waals surface area contributed by atoms with Crippen molar-refractivity contribution < 1.29 is 0 Å². The molecule has 0 radical (unpaired) electrons. The van der Waals surface area contributed by atoms with E-state index < -0.39 is 0 Å². The molecule has 0 aliphatic carbocycles. The minimum atomic E-state index is 0.550. The SMILES string of the molecule is NCC=Cc1cncnc1. The topological polar surface area (TPSA) is 51.8 Å². The van der Waals surface area contributed by atoms with E-state index >= 15 is 0 Å². The Balaban J connectivity index is 2.67. The molecule has 0 aliphatic rings. The molecule has 0 aliphatic heterocycles. The smallest absolute Gasteiger partial charge is 0.115 e. The van der Waals surface area contributed by atoms with Crippen LogP contribution in [0, 0.1) is 0 Å². The van der Waals surface area contributed by atoms with E-state index in [0.29, 0.717) is 6.54 Å². The average molecular weight is 135 g/mol. The number of nitrogens with zero attached hydrogens (tertiary/aromatic N) is 2. The summed E-state index contributed by atoms with van der Waals surface area (Å²) >= 11 is 0. The highest BCUT2D eigenvalue weighted by molar-refractivity contribution is 5.46. The maximum Gasteiger partial charge on any atom is 0.115 e. The number of hydrogen-bond donors (Lipinski definition) is 1. The van der Waals surface area contributed by atoms with Gasteiger partial charge >= 0.3 is 0 Å². The molecular weight excluding hydrogens is 126 g/mol. The Morgan fingerprint density at radius 1 is 1.40 bits per heavy atom. The summed E-state index contributed by atoms with van der Waals surface area (Å²) in [5.74, 6) is 0. The lowest BCUT2D eigenvalue weighted by molar-refractivity contribution is 1.16. The third-order valence-corrected chi connectivity index (χ3v) is 1.03. The molecule has 3 nitrogen and oxygen atoms in total. The van der Waals surface area contributed by atoms with Crippen LogP contribution in [-0.4, -0.2) is 16.5 Å². The van der Waals surface area contributed by atoms with Crippen LogP contribution in [0.1, 0.15) is 5.56 Å². The highest BCUT2D eigenvalue weighted by Gasteiger charge is 1.81. The van der Waals surface area contributed by atoms with Crippen LogP contribution in [0.4, 0.5) is 0 Å². The van der Waals surface area contributed by atoms with Crippen LogP contribution in [0.15, 0.2) is 24.8 Å². The van der Waals surface area contributed by atoms with Gasteiger partial charge in [-0.15, -0.1) is 0 Å². The van der Waals surface area contributed by atoms with Crippen molar-refractivity contribution in [1.29, 1.82) is 0 Å². The van der Waals surface area contributed by atoms with E-state index in [-0.39, 0.29) is 0 Å². The van der Waals surface area contributed by atoms with Gasteiger partial charge in [0.15, 0.2) is 0 Å². The Morgan fingerprint density at radius 3 is 2.70 bits per heavy atom. The van der Waals surface area contributed by atoms with Crippen LogP contribution < -0.4 is 5.73 Å². The molecule has 0 aromatic carbocycles. The molecule has 1 rings (SSSR count). The zero-order valence-corrected chi connectivity index (χ0v) is 5.57. The van der Waals surface area contributed by atoms with Crippen LogP contribution in [0.25, 0.3) is 6.08 Å². The number of rotatable bonds is 2. The van der Waals surface area contributed by atoms with Crippen LogP contribution in [0.3, 0.4) is 0 Å². The number of nitrogens with two attached hydrogens (primary N) is 1. The van der Waals surface area contributed by atoms with Crippen molar-refractivity contribution in [2.75, 3.05) is 6.54 Å². The fourth-order valence-electron chi connectivity index (χ4n) is 0.601. The van der Waals surface area contributed by atoms with Gasteiger partial charge in [0, 0.05) is 24.5 Å². The molecule has 0 atom stereocenters. The minimum Gasteiger partial charge on any atom is -0.327 e. The molecule has 1 aromatic rings. The van der Waals surface area contributed by atoms with Gasteiger partial charge in [0.1, 0.15) is 6.33 Å². The average Bonchev–Trinajstić information content (AvgIpc) is 2.03. The van der Waals surface area contributed by atoms with Crippen molar-refractivity contribution in [2.45, 2.75) is 0 Å². The molecule has 0 saturated carbocycles. The monoisotopic (exact) mass is 135 g/mol. The van der Waals surface area contributed by atoms with E-state index in [1.54, 1.807) is 12.4 Å². The lowest BCUT2D eigenvalue weighted by Crippen LogP contribution is -1.92. The van der Waals surface area contributed by atoms with Gasteiger partial charge in [-0.3, -0.25) is 0 Å². The van der Waals surface area contributed by atoms with E-state index in [9.17, 15) is 0 Å². The maximum atomic E-state index is 5.25. The molecule has 0 bridgehead atoms. The fourth-order valence-corrected chi connectivity index (χ4v) is 0.601. The van der Waals surface area contributed by atoms with Crippen LogP contribution >= 0.6 is 0 Å². The standard InChI is InChI=1S/C7H9N3/c8-3-1-2-7-4-9-6-10-5-7/h1-2,4-6H,3,8H2. The first-order valence-electron chi connectivity index (χ1n) is 3.05. The van der Waals surface area contributed by atoms with E-state index in [0.717, 1.165) is 5.56 Å². The van der Waals surface area contributed by atoms with E-state index in [4.69, 9.17) is 5.73 Å². The van der Waals surface area contributed by atoms with Gasteiger partial charge in [0.05, 0.1) is 0 Å². The highest BCUT2D eigenvalue weighted by atomic mass is 14.8. The molecule has 0 saturated heterocycles. The van der Waals surface area contributed by atoms with Crippen LogP contribution in [0.2, 0.25) is 0 Å². The molecule has 1 aromatic heterocycles. The van der Waals surface area contributed by atoms with Gasteiger partial charge < -0.3 is 5.73 Å². The fraction of sp³-hybridized carbons (Fsp3) is 0.143. The highest BCUT2D eigenvalue weighted by Crippen LogP contribution is 1.94. The van der Waals surface area contributed by atoms with Gasteiger partial charge in [0.25, 0.3) is 0 Å². The van der Waals surface area contributed by atoms with Crippen molar-refractivity contribution in [3.8, 4) is 0 Å². The largest absolute Gasteiger partial charge is 0.327 e. The van der Waals surface area contributed by atoms with Gasteiger partial charge in [-0.25, -0.2) is 9.97 Å². The molecule has 0 unspecified atom stereocenters. The second kappa shape index (κ2) is 3.74. The lowest BCUT2D eigenvalue weighted by atomic mass is 10.3. The maximum absolute atomic E-state index is 5.25. The van der Waals surface area contributed by atoms with Crippen molar-refractivity contribution in [2.24, 2.45) is 5.73 Å². The van der Waals surface area contributed by atoms with Gasteiger partial charge in [-0.2, -0.15) is 0 Å². The van der Waals surface area contributed by atoms with Crippen LogP contribution in [0.5, 0.6) is 0 Å². The third-order valence-electron chi connectivity index (χ3n) is 1.03. The Morgan fingerprint density at radius 2 is 2.10 bits per heavy atom. The Kier molecular flexibility index (Phi) is 2.58. The summed E-state index contributed by atoms with van der Waals surface area (Å²) in [5.41, 5.74) is 6.23. The summed E-state index contributed by atoms with van der Waals surface area (Å²) in [7, 11) is 0. The number of aromatic nitrogens is 2. The first-order chi connectivity index (χ1) is 4.93. The molecule has 0 amide bonds. The molecule has 2 N–H and O–H groups in total. The van der Waals surface area contributed by atoms with Crippen molar-refractivity contribution in [3.05, 3.63) is 30.4 Å². The molecular formula is C7H9N3. The first-order valence-corrected chi connectivity index (χ1v) is 3.05. The summed E-state index contributed by atoms with van der Waals surface area (Å²) in [6.45, 7) is 0.550. The van der Waals surface area contributed by atoms with Crippen LogP contribution in [-0.2, 0) is 0 Å². The predicted octanol–water partition coefficient (Wildman–Crippen LogP) is 0.449. The zero-order chi connectivity index (χ0) is 7.23. The molecule has 52 valence electrons. The minimum absolute atomic E-state index is 0.550. The molecule has 0 spiro atoms. The lowest BCUT2D eigenvalue weighted by Gasteiger charge is -1.87. The molecule has 0 fully saturated rings. The first kappa shape index (κ1) is 6.89. The second-order valence-corrected chi connectivity index (χ2v) is 1.81. The molecule has 10 heavy (non-hydrogen) atoms. The van der Waals surface area contributed by atoms with Gasteiger partial charge in [-0.1, -0.05) is 12.2 Å². The summed E-state index contributed by atoms with van der Waals surface area (Å²) in [5, 5.41) is 0. The predicted molar refractivity (Wildman–Crippen MR) is 40.1 cm³/mol. The molecule has 1 heterocycles. The summed E-state index contributed by atoms with van der Waals surface area (Å²) < 4.78 is 0. The second-order valence-electron chi connectivity index (χ2n) is 1.81. The zero-order valence-electron chi connectivity index (χ0n) is 5.57. The Bertz CT molecular complexity index is 205. The van der Waals surface area contributed by atoms with E-state index in [2.05, 4.69) is 9.97 Å². The summed E-state index contributed by atoms with van der Waals surface area (Å²) in [4.78, 5) is 7.67. The van der Waals surface area contributed by atoms with E-state index in [1.165, 1.54) is 6.33 Å². The van der Waals surface area contributed by atoms with E-state index in [1.807, 2.05) is 12.2 Å². The number of hydrogen-bond acceptors (Lipinski definition) is 3. The summed E-state index contributed by atoms with van der Waals surface area (Å²) in [6.07, 6.45) is 8.72.